The lowest BCUT2D eigenvalue weighted by Gasteiger charge is -2.19. The summed E-state index contributed by atoms with van der Waals surface area (Å²) in [6.07, 6.45) is 8.24. The van der Waals surface area contributed by atoms with E-state index >= 15 is 0 Å². The molecule has 3 rings (SSSR count). The molecule has 0 radical (unpaired) electrons. The first-order chi connectivity index (χ1) is 9.12. The van der Waals surface area contributed by atoms with E-state index in [0.717, 1.165) is 29.6 Å². The number of anilines is 1. The van der Waals surface area contributed by atoms with Crippen molar-refractivity contribution in [1.82, 2.24) is 0 Å². The third-order valence-electron chi connectivity index (χ3n) is 3.63. The molecule has 1 aromatic carbocycles. The Morgan fingerprint density at radius 1 is 1.21 bits per heavy atom. The van der Waals surface area contributed by atoms with E-state index in [4.69, 9.17) is 9.47 Å². The van der Waals surface area contributed by atoms with Gasteiger partial charge in [-0.15, -0.1) is 0 Å². The van der Waals surface area contributed by atoms with Crippen molar-refractivity contribution in [3.8, 4) is 11.5 Å². The Bertz CT molecular complexity index is 494. The van der Waals surface area contributed by atoms with E-state index < -0.39 is 5.79 Å². The Balaban J connectivity index is 1.62. The summed E-state index contributed by atoms with van der Waals surface area (Å²) in [7, 11) is 0. The van der Waals surface area contributed by atoms with Crippen LogP contribution in [0.4, 0.5) is 5.69 Å². The van der Waals surface area contributed by atoms with Crippen LogP contribution in [0.25, 0.3) is 0 Å². The standard InChI is InChI=1S/C16H21NO2/c1-16(2)18-14-9-8-13(10-15(14)19-16)17-11-12-6-4-3-5-7-12/h3-4,8-10,12,17H,5-7,11H2,1-2H3. The number of hydrogen-bond donors (Lipinski definition) is 1. The lowest BCUT2D eigenvalue weighted by atomic mass is 9.94. The topological polar surface area (TPSA) is 30.5 Å². The highest BCUT2D eigenvalue weighted by Crippen LogP contribution is 2.40. The van der Waals surface area contributed by atoms with Crippen molar-refractivity contribution in [3.05, 3.63) is 30.4 Å². The smallest absolute Gasteiger partial charge is 0.246 e. The number of hydrogen-bond acceptors (Lipinski definition) is 3. The second-order valence-corrected chi connectivity index (χ2v) is 5.80. The lowest BCUT2D eigenvalue weighted by molar-refractivity contribution is -0.0431. The van der Waals surface area contributed by atoms with Crippen LogP contribution >= 0.6 is 0 Å². The maximum Gasteiger partial charge on any atom is 0.246 e. The van der Waals surface area contributed by atoms with Gasteiger partial charge in [0.2, 0.25) is 5.79 Å². The van der Waals surface area contributed by atoms with Gasteiger partial charge in [-0.25, -0.2) is 0 Å². The van der Waals surface area contributed by atoms with Crippen LogP contribution in [0.5, 0.6) is 11.5 Å². The molecule has 3 nitrogen and oxygen atoms in total. The zero-order valence-electron chi connectivity index (χ0n) is 11.6. The van der Waals surface area contributed by atoms with E-state index in [-0.39, 0.29) is 0 Å². The van der Waals surface area contributed by atoms with Gasteiger partial charge in [-0.3, -0.25) is 0 Å². The third-order valence-corrected chi connectivity index (χ3v) is 3.63. The SMILES string of the molecule is CC1(C)Oc2ccc(NCC3CC=CCC3)cc2O1. The average Bonchev–Trinajstić information content (AvgIpc) is 2.70. The molecule has 0 bridgehead atoms. The fraction of sp³-hybridized carbons (Fsp3) is 0.500. The first-order valence-electron chi connectivity index (χ1n) is 7.03. The number of allylic oxidation sites excluding steroid dienone is 2. The molecule has 0 fully saturated rings. The lowest BCUT2D eigenvalue weighted by Crippen LogP contribution is -2.29. The summed E-state index contributed by atoms with van der Waals surface area (Å²) in [5, 5.41) is 3.50. The molecule has 3 heteroatoms. The van der Waals surface area contributed by atoms with E-state index in [1.165, 1.54) is 19.3 Å². The van der Waals surface area contributed by atoms with Crippen molar-refractivity contribution >= 4 is 5.69 Å². The minimum absolute atomic E-state index is 0.547. The predicted octanol–water partition coefficient (Wildman–Crippen LogP) is 3.96. The largest absolute Gasteiger partial charge is 0.449 e. The summed E-state index contributed by atoms with van der Waals surface area (Å²) in [6, 6.07) is 6.07. The minimum atomic E-state index is -0.547. The molecule has 1 heterocycles. The van der Waals surface area contributed by atoms with Gasteiger partial charge < -0.3 is 14.8 Å². The Morgan fingerprint density at radius 2 is 2.05 bits per heavy atom. The van der Waals surface area contributed by atoms with Gasteiger partial charge in [0.15, 0.2) is 11.5 Å². The van der Waals surface area contributed by atoms with Crippen LogP contribution in [0.1, 0.15) is 33.1 Å². The first-order valence-corrected chi connectivity index (χ1v) is 7.03. The summed E-state index contributed by atoms with van der Waals surface area (Å²) in [6.45, 7) is 4.87. The van der Waals surface area contributed by atoms with Gasteiger partial charge in [0.05, 0.1) is 0 Å². The molecule has 0 amide bonds. The van der Waals surface area contributed by atoms with Crippen LogP contribution in [0.15, 0.2) is 30.4 Å². The molecular formula is C16H21NO2. The van der Waals surface area contributed by atoms with Crippen LogP contribution in [0.2, 0.25) is 0 Å². The van der Waals surface area contributed by atoms with Gasteiger partial charge in [-0.05, 0) is 37.3 Å². The van der Waals surface area contributed by atoms with Gasteiger partial charge >= 0.3 is 0 Å². The van der Waals surface area contributed by atoms with Crippen molar-refractivity contribution < 1.29 is 9.47 Å². The Morgan fingerprint density at radius 3 is 2.84 bits per heavy atom. The quantitative estimate of drug-likeness (QED) is 0.833. The highest BCUT2D eigenvalue weighted by atomic mass is 16.7. The van der Waals surface area contributed by atoms with Gasteiger partial charge in [0, 0.05) is 32.1 Å². The predicted molar refractivity (Wildman–Crippen MR) is 76.7 cm³/mol. The fourth-order valence-corrected chi connectivity index (χ4v) is 2.64. The number of benzene rings is 1. The van der Waals surface area contributed by atoms with Gasteiger partial charge in [-0.2, -0.15) is 0 Å². The molecule has 0 aromatic heterocycles. The number of ether oxygens (including phenoxy) is 2. The zero-order valence-corrected chi connectivity index (χ0v) is 11.6. The Labute approximate surface area is 114 Å². The van der Waals surface area contributed by atoms with Crippen molar-refractivity contribution in [2.75, 3.05) is 11.9 Å². The van der Waals surface area contributed by atoms with Crippen LogP contribution in [0, 0.1) is 5.92 Å². The van der Waals surface area contributed by atoms with Gasteiger partial charge in [0.1, 0.15) is 0 Å². The molecular weight excluding hydrogens is 238 g/mol. The van der Waals surface area contributed by atoms with E-state index in [0.29, 0.717) is 0 Å². The summed E-state index contributed by atoms with van der Waals surface area (Å²) >= 11 is 0. The molecule has 1 N–H and O–H groups in total. The Kier molecular flexibility index (Phi) is 3.13. The van der Waals surface area contributed by atoms with E-state index in [1.54, 1.807) is 0 Å². The number of fused-ring (bicyclic) bond motifs is 1. The molecule has 1 unspecified atom stereocenters. The molecule has 1 aliphatic carbocycles. The maximum atomic E-state index is 5.75. The van der Waals surface area contributed by atoms with Crippen molar-refractivity contribution in [2.24, 2.45) is 5.92 Å². The van der Waals surface area contributed by atoms with Crippen LogP contribution in [-0.4, -0.2) is 12.3 Å². The summed E-state index contributed by atoms with van der Waals surface area (Å²) in [4.78, 5) is 0. The number of nitrogens with one attached hydrogen (secondary N) is 1. The molecule has 0 saturated carbocycles. The normalized spacial score (nSPS) is 23.4. The molecule has 2 aliphatic rings. The number of rotatable bonds is 3. The van der Waals surface area contributed by atoms with Gasteiger partial charge in [-0.1, -0.05) is 12.2 Å². The molecule has 1 aromatic rings. The minimum Gasteiger partial charge on any atom is -0.449 e. The van der Waals surface area contributed by atoms with Crippen molar-refractivity contribution in [1.29, 1.82) is 0 Å². The van der Waals surface area contributed by atoms with Crippen molar-refractivity contribution in [3.63, 3.8) is 0 Å². The van der Waals surface area contributed by atoms with Crippen LogP contribution in [-0.2, 0) is 0 Å². The van der Waals surface area contributed by atoms with E-state index in [2.05, 4.69) is 23.5 Å². The molecule has 0 spiro atoms. The summed E-state index contributed by atoms with van der Waals surface area (Å²) in [5.74, 6) is 1.86. The molecule has 1 aliphatic heterocycles. The summed E-state index contributed by atoms with van der Waals surface area (Å²) in [5.41, 5.74) is 1.11. The fourth-order valence-electron chi connectivity index (χ4n) is 2.64. The van der Waals surface area contributed by atoms with Crippen LogP contribution in [0.3, 0.4) is 0 Å². The third kappa shape index (κ3) is 2.86. The highest BCUT2D eigenvalue weighted by molar-refractivity contribution is 5.56. The van der Waals surface area contributed by atoms with Gasteiger partial charge in [0.25, 0.3) is 0 Å². The first kappa shape index (κ1) is 12.4. The Hall–Kier alpha value is -1.64. The average molecular weight is 259 g/mol. The van der Waals surface area contributed by atoms with Crippen molar-refractivity contribution in [2.45, 2.75) is 38.9 Å². The molecule has 0 saturated heterocycles. The zero-order chi connectivity index (χ0) is 13.3. The second kappa shape index (κ2) is 4.80. The van der Waals surface area contributed by atoms with E-state index in [1.807, 2.05) is 26.0 Å². The maximum absolute atomic E-state index is 5.75. The molecule has 1 atom stereocenters. The highest BCUT2D eigenvalue weighted by Gasteiger charge is 2.31. The second-order valence-electron chi connectivity index (χ2n) is 5.80. The van der Waals surface area contributed by atoms with Crippen LogP contribution < -0.4 is 14.8 Å². The monoisotopic (exact) mass is 259 g/mol. The van der Waals surface area contributed by atoms with E-state index in [9.17, 15) is 0 Å². The molecule has 102 valence electrons. The molecule has 19 heavy (non-hydrogen) atoms. The summed E-state index contributed by atoms with van der Waals surface area (Å²) < 4.78 is 11.4.